The summed E-state index contributed by atoms with van der Waals surface area (Å²) in [4.78, 5) is 11.3. The van der Waals surface area contributed by atoms with E-state index in [0.717, 1.165) is 36.8 Å². The topological polar surface area (TPSA) is 29.0 Å². The van der Waals surface area contributed by atoms with Crippen molar-refractivity contribution in [3.63, 3.8) is 0 Å². The van der Waals surface area contributed by atoms with Gasteiger partial charge in [0.2, 0.25) is 0 Å². The molecule has 6 heteroatoms. The van der Waals surface area contributed by atoms with E-state index in [9.17, 15) is 13.2 Å². The molecule has 146 valence electrons. The molecule has 1 heterocycles. The van der Waals surface area contributed by atoms with Crippen molar-refractivity contribution in [2.75, 3.05) is 18.0 Å². The van der Waals surface area contributed by atoms with Gasteiger partial charge in [-0.05, 0) is 43.4 Å². The molecule has 0 bridgehead atoms. The number of nitrogens with zero attached hydrogens (tertiary/aromatic N) is 3. The lowest BCUT2D eigenvalue weighted by Crippen LogP contribution is -2.28. The van der Waals surface area contributed by atoms with Crippen LogP contribution < -0.4 is 4.90 Å². The lowest BCUT2D eigenvalue weighted by molar-refractivity contribution is -0.137. The summed E-state index contributed by atoms with van der Waals surface area (Å²) in [5.41, 5.74) is -0.0262. The zero-order chi connectivity index (χ0) is 19.7. The third-order valence-corrected chi connectivity index (χ3v) is 5.03. The molecule has 28 heavy (non-hydrogen) atoms. The van der Waals surface area contributed by atoms with Gasteiger partial charge >= 0.3 is 6.18 Å². The normalized spacial score (nSPS) is 14.4. The summed E-state index contributed by atoms with van der Waals surface area (Å²) in [6, 6.07) is 13.1. The van der Waals surface area contributed by atoms with Gasteiger partial charge in [0.1, 0.15) is 5.82 Å². The maximum atomic E-state index is 13.5. The second-order valence-electron chi connectivity index (χ2n) is 7.32. The van der Waals surface area contributed by atoms with Gasteiger partial charge in [0.15, 0.2) is 5.82 Å². The van der Waals surface area contributed by atoms with Crippen LogP contribution in [0.25, 0.3) is 22.3 Å². The van der Waals surface area contributed by atoms with Crippen LogP contribution in [0.3, 0.4) is 0 Å². The van der Waals surface area contributed by atoms with Crippen LogP contribution in [-0.4, -0.2) is 23.1 Å². The van der Waals surface area contributed by atoms with Gasteiger partial charge in [0.05, 0.1) is 11.1 Å². The number of anilines is 1. The quantitative estimate of drug-likeness (QED) is 0.526. The molecule has 0 N–H and O–H groups in total. The Morgan fingerprint density at radius 2 is 1.71 bits per heavy atom. The molecule has 1 aliphatic rings. The number of aromatic nitrogens is 2. The van der Waals surface area contributed by atoms with Crippen molar-refractivity contribution in [3.8, 4) is 11.4 Å². The van der Waals surface area contributed by atoms with Gasteiger partial charge in [0, 0.05) is 24.0 Å². The number of fused-ring (bicyclic) bond motifs is 1. The lowest BCUT2D eigenvalue weighted by Gasteiger charge is -2.25. The minimum absolute atomic E-state index is 0.0184. The maximum absolute atomic E-state index is 13.5. The third-order valence-electron chi connectivity index (χ3n) is 5.03. The second kappa shape index (κ2) is 7.41. The van der Waals surface area contributed by atoms with Crippen LogP contribution >= 0.6 is 0 Å². The molecule has 0 saturated heterocycles. The first-order chi connectivity index (χ1) is 13.5. The number of alkyl halides is 3. The van der Waals surface area contributed by atoms with Gasteiger partial charge in [-0.25, -0.2) is 9.97 Å². The summed E-state index contributed by atoms with van der Waals surface area (Å²) >= 11 is 0. The fourth-order valence-corrected chi connectivity index (χ4v) is 3.51. The molecule has 3 nitrogen and oxygen atoms in total. The lowest BCUT2D eigenvalue weighted by atomic mass is 10.1. The van der Waals surface area contributed by atoms with E-state index in [2.05, 4.69) is 21.8 Å². The van der Waals surface area contributed by atoms with Crippen molar-refractivity contribution in [2.45, 2.75) is 32.4 Å². The number of para-hydroxylation sites is 1. The zero-order valence-electron chi connectivity index (χ0n) is 15.7. The minimum atomic E-state index is -4.46. The number of rotatable bonds is 6. The minimum Gasteiger partial charge on any atom is -0.356 e. The third kappa shape index (κ3) is 3.81. The van der Waals surface area contributed by atoms with Gasteiger partial charge in [-0.2, -0.15) is 13.2 Å². The van der Waals surface area contributed by atoms with E-state index in [1.165, 1.54) is 25.0 Å². The van der Waals surface area contributed by atoms with Crippen LogP contribution in [0.4, 0.5) is 19.0 Å². The predicted molar refractivity (Wildman–Crippen MR) is 105 cm³/mol. The molecule has 0 radical (unpaired) electrons. The van der Waals surface area contributed by atoms with Crippen molar-refractivity contribution in [2.24, 2.45) is 5.92 Å². The summed E-state index contributed by atoms with van der Waals surface area (Å²) in [6.07, 6.45) is -1.11. The average molecular weight is 385 g/mol. The summed E-state index contributed by atoms with van der Waals surface area (Å²) < 4.78 is 40.6. The van der Waals surface area contributed by atoms with E-state index in [0.29, 0.717) is 11.4 Å². The average Bonchev–Trinajstić information content (AvgIpc) is 3.50. The summed E-state index contributed by atoms with van der Waals surface area (Å²) in [7, 11) is 0. The van der Waals surface area contributed by atoms with Crippen LogP contribution in [-0.2, 0) is 6.18 Å². The molecule has 4 rings (SSSR count). The summed E-state index contributed by atoms with van der Waals surface area (Å²) in [5, 5.41) is 0.879. The van der Waals surface area contributed by atoms with Crippen LogP contribution in [0.2, 0.25) is 0 Å². The number of hydrogen-bond acceptors (Lipinski definition) is 3. The van der Waals surface area contributed by atoms with E-state index in [-0.39, 0.29) is 11.4 Å². The van der Waals surface area contributed by atoms with E-state index in [1.807, 2.05) is 24.3 Å². The van der Waals surface area contributed by atoms with Gasteiger partial charge in [0.25, 0.3) is 0 Å². The molecule has 1 aromatic heterocycles. The molecule has 0 atom stereocenters. The first kappa shape index (κ1) is 18.7. The van der Waals surface area contributed by atoms with Crippen molar-refractivity contribution in [1.29, 1.82) is 0 Å². The predicted octanol–water partition coefficient (Wildman–Crippen LogP) is 5.94. The van der Waals surface area contributed by atoms with E-state index in [1.54, 1.807) is 6.07 Å². The van der Waals surface area contributed by atoms with E-state index >= 15 is 0 Å². The first-order valence-corrected chi connectivity index (χ1v) is 9.65. The molecule has 0 unspecified atom stereocenters. The molecule has 1 aliphatic carbocycles. The van der Waals surface area contributed by atoms with Crippen LogP contribution in [0, 0.1) is 5.92 Å². The highest BCUT2D eigenvalue weighted by molar-refractivity contribution is 5.91. The maximum Gasteiger partial charge on any atom is 0.417 e. The summed E-state index contributed by atoms with van der Waals surface area (Å²) in [6.45, 7) is 3.80. The largest absolute Gasteiger partial charge is 0.417 e. The van der Waals surface area contributed by atoms with Gasteiger partial charge in [-0.15, -0.1) is 0 Å². The van der Waals surface area contributed by atoms with Crippen LogP contribution in [0.5, 0.6) is 0 Å². The Morgan fingerprint density at radius 1 is 1.00 bits per heavy atom. The molecule has 0 spiro atoms. The van der Waals surface area contributed by atoms with Gasteiger partial charge in [-0.3, -0.25) is 0 Å². The number of halogens is 3. The van der Waals surface area contributed by atoms with Crippen LogP contribution in [0.1, 0.15) is 31.7 Å². The highest BCUT2D eigenvalue weighted by Gasteiger charge is 2.34. The van der Waals surface area contributed by atoms with E-state index < -0.39 is 11.7 Å². The number of benzene rings is 2. The smallest absolute Gasteiger partial charge is 0.356 e. The molecule has 3 aromatic rings. The molecule has 1 fully saturated rings. The molecular weight excluding hydrogens is 363 g/mol. The first-order valence-electron chi connectivity index (χ1n) is 9.65. The van der Waals surface area contributed by atoms with Gasteiger partial charge in [-0.1, -0.05) is 37.3 Å². The Kier molecular flexibility index (Phi) is 4.96. The van der Waals surface area contributed by atoms with Gasteiger partial charge < -0.3 is 4.90 Å². The standard InChI is InChI=1S/C22H22F3N3/c1-2-13-28(14-15-11-12-15)21-17-8-4-6-10-19(17)26-20(27-21)16-7-3-5-9-18(16)22(23,24)25/h3-10,15H,2,11-14H2,1H3. The van der Waals surface area contributed by atoms with Crippen molar-refractivity contribution in [1.82, 2.24) is 9.97 Å². The highest BCUT2D eigenvalue weighted by Crippen LogP contribution is 2.38. The van der Waals surface area contributed by atoms with Crippen molar-refractivity contribution in [3.05, 3.63) is 54.1 Å². The monoisotopic (exact) mass is 385 g/mol. The Hall–Kier alpha value is -2.63. The Labute approximate surface area is 162 Å². The molecule has 0 amide bonds. The van der Waals surface area contributed by atoms with Crippen molar-refractivity contribution >= 4 is 16.7 Å². The zero-order valence-corrected chi connectivity index (χ0v) is 15.7. The Bertz CT molecular complexity index is 980. The van der Waals surface area contributed by atoms with Crippen LogP contribution in [0.15, 0.2) is 48.5 Å². The molecular formula is C22H22F3N3. The second-order valence-corrected chi connectivity index (χ2v) is 7.32. The number of hydrogen-bond donors (Lipinski definition) is 0. The highest BCUT2D eigenvalue weighted by atomic mass is 19.4. The fourth-order valence-electron chi connectivity index (χ4n) is 3.51. The van der Waals surface area contributed by atoms with E-state index in [4.69, 9.17) is 0 Å². The SMILES string of the molecule is CCCN(CC1CC1)c1nc(-c2ccccc2C(F)(F)F)nc2ccccc12. The molecule has 1 saturated carbocycles. The fraction of sp³-hybridized carbons (Fsp3) is 0.364. The summed E-state index contributed by atoms with van der Waals surface area (Å²) in [5.74, 6) is 1.50. The van der Waals surface area contributed by atoms with Crippen molar-refractivity contribution < 1.29 is 13.2 Å². The Morgan fingerprint density at radius 3 is 2.43 bits per heavy atom. The Balaban J connectivity index is 1.89. The molecule has 2 aromatic carbocycles. The molecule has 0 aliphatic heterocycles.